The number of hydrogen-bond acceptors (Lipinski definition) is 4. The van der Waals surface area contributed by atoms with Gasteiger partial charge in [0.15, 0.2) is 0 Å². The number of nitrogens with zero attached hydrogens (tertiary/aromatic N) is 2. The highest BCUT2D eigenvalue weighted by Gasteiger charge is 2.32. The molecule has 2 rings (SSSR count). The van der Waals surface area contributed by atoms with Gasteiger partial charge < -0.3 is 16.0 Å². The van der Waals surface area contributed by atoms with Crippen LogP contribution in [0.25, 0.3) is 0 Å². The summed E-state index contributed by atoms with van der Waals surface area (Å²) in [6.07, 6.45) is 2.20. The Morgan fingerprint density at radius 2 is 1.74 bits per heavy atom. The summed E-state index contributed by atoms with van der Waals surface area (Å²) >= 11 is 0. The van der Waals surface area contributed by atoms with E-state index in [1.807, 2.05) is 13.8 Å². The average Bonchev–Trinajstić information content (AvgIpc) is 2.64. The first kappa shape index (κ1) is 21.2. The average molecular weight is 397 g/mol. The maximum absolute atomic E-state index is 12.7. The number of carbonyl (C=O) groups is 2. The van der Waals surface area contributed by atoms with Crippen molar-refractivity contribution in [1.29, 1.82) is 0 Å². The number of sulfonamides is 1. The van der Waals surface area contributed by atoms with E-state index in [-0.39, 0.29) is 37.0 Å². The topological polar surface area (TPSA) is 113 Å². The molecule has 1 aromatic rings. The van der Waals surface area contributed by atoms with Crippen molar-refractivity contribution in [1.82, 2.24) is 14.5 Å². The normalized spacial score (nSPS) is 16.7. The van der Waals surface area contributed by atoms with Gasteiger partial charge in [-0.25, -0.2) is 13.2 Å². The molecule has 0 radical (unpaired) electrons. The highest BCUT2D eigenvalue weighted by molar-refractivity contribution is 7.89. The van der Waals surface area contributed by atoms with Gasteiger partial charge >= 0.3 is 6.03 Å². The summed E-state index contributed by atoms with van der Waals surface area (Å²) in [6.45, 7) is 4.91. The van der Waals surface area contributed by atoms with E-state index in [4.69, 9.17) is 5.73 Å². The van der Waals surface area contributed by atoms with Crippen molar-refractivity contribution in [2.45, 2.75) is 44.0 Å². The van der Waals surface area contributed by atoms with Crippen LogP contribution in [0.1, 0.15) is 31.7 Å². The predicted molar refractivity (Wildman–Crippen MR) is 103 cm³/mol. The van der Waals surface area contributed by atoms with Gasteiger partial charge in [-0.15, -0.1) is 0 Å². The van der Waals surface area contributed by atoms with E-state index in [1.54, 1.807) is 29.2 Å². The Morgan fingerprint density at radius 3 is 2.26 bits per heavy atom. The fourth-order valence-corrected chi connectivity index (χ4v) is 4.49. The number of rotatable bonds is 7. The number of unbranched alkanes of at least 4 members (excludes halogenated alkanes) is 1. The summed E-state index contributed by atoms with van der Waals surface area (Å²) in [4.78, 5) is 25.7. The fourth-order valence-electron chi connectivity index (χ4n) is 3.07. The van der Waals surface area contributed by atoms with Crippen molar-refractivity contribution in [3.63, 3.8) is 0 Å². The van der Waals surface area contributed by atoms with E-state index in [0.717, 1.165) is 18.4 Å². The zero-order valence-corrected chi connectivity index (χ0v) is 16.7. The highest BCUT2D eigenvalue weighted by atomic mass is 32.2. The van der Waals surface area contributed by atoms with Crippen LogP contribution in [-0.2, 0) is 14.8 Å². The maximum Gasteiger partial charge on any atom is 0.312 e. The van der Waals surface area contributed by atoms with Crippen molar-refractivity contribution in [3.8, 4) is 0 Å². The molecule has 1 heterocycles. The summed E-state index contributed by atoms with van der Waals surface area (Å²) in [7, 11) is -3.58. The van der Waals surface area contributed by atoms with E-state index in [2.05, 4.69) is 5.32 Å². The number of hydrogen-bond donors (Lipinski definition) is 2. The number of carbonyl (C=O) groups excluding carboxylic acids is 2. The molecule has 3 amide bonds. The van der Waals surface area contributed by atoms with Crippen LogP contribution in [0.3, 0.4) is 0 Å². The van der Waals surface area contributed by atoms with Crippen LogP contribution >= 0.6 is 0 Å². The van der Waals surface area contributed by atoms with Gasteiger partial charge in [0, 0.05) is 26.2 Å². The minimum Gasteiger partial charge on any atom is -0.352 e. The lowest BCUT2D eigenvalue weighted by molar-refractivity contribution is -0.134. The van der Waals surface area contributed by atoms with E-state index in [0.29, 0.717) is 6.42 Å². The third-order valence-electron chi connectivity index (χ3n) is 4.67. The van der Waals surface area contributed by atoms with E-state index in [9.17, 15) is 18.0 Å². The molecule has 0 aromatic heterocycles. The Kier molecular flexibility index (Phi) is 7.20. The van der Waals surface area contributed by atoms with Crippen LogP contribution in [0.2, 0.25) is 0 Å². The Hall–Kier alpha value is -2.13. The lowest BCUT2D eigenvalue weighted by Gasteiger charge is -2.35. The molecule has 0 bridgehead atoms. The van der Waals surface area contributed by atoms with Crippen LogP contribution in [0.15, 0.2) is 29.2 Å². The second-order valence-electron chi connectivity index (χ2n) is 6.75. The zero-order valence-electron chi connectivity index (χ0n) is 15.8. The minimum absolute atomic E-state index is 0.213. The van der Waals surface area contributed by atoms with Crippen molar-refractivity contribution in [3.05, 3.63) is 29.8 Å². The molecule has 9 heteroatoms. The largest absolute Gasteiger partial charge is 0.352 e. The zero-order chi connectivity index (χ0) is 20.0. The first-order chi connectivity index (χ1) is 12.8. The molecule has 0 spiro atoms. The van der Waals surface area contributed by atoms with Gasteiger partial charge in [-0.1, -0.05) is 37.5 Å². The molecular formula is C18H28N4O4S. The van der Waals surface area contributed by atoms with Gasteiger partial charge in [-0.3, -0.25) is 4.79 Å². The number of amides is 3. The van der Waals surface area contributed by atoms with Gasteiger partial charge in [0.2, 0.25) is 15.9 Å². The van der Waals surface area contributed by atoms with Crippen molar-refractivity contribution < 1.29 is 18.0 Å². The molecular weight excluding hydrogens is 368 g/mol. The smallest absolute Gasteiger partial charge is 0.312 e. The number of piperazine rings is 1. The first-order valence-corrected chi connectivity index (χ1v) is 10.6. The molecule has 1 atom stereocenters. The molecule has 27 heavy (non-hydrogen) atoms. The molecule has 8 nitrogen and oxygen atoms in total. The summed E-state index contributed by atoms with van der Waals surface area (Å²) in [5.41, 5.74) is 6.17. The summed E-state index contributed by atoms with van der Waals surface area (Å²) < 4.78 is 26.9. The number of primary amides is 1. The van der Waals surface area contributed by atoms with Crippen molar-refractivity contribution in [2.75, 3.05) is 26.2 Å². The van der Waals surface area contributed by atoms with Gasteiger partial charge in [-0.05, 0) is 25.5 Å². The summed E-state index contributed by atoms with van der Waals surface area (Å²) in [6, 6.07) is 5.33. The van der Waals surface area contributed by atoms with Crippen molar-refractivity contribution in [2.24, 2.45) is 5.73 Å². The monoisotopic (exact) mass is 396 g/mol. The van der Waals surface area contributed by atoms with E-state index >= 15 is 0 Å². The molecule has 1 aliphatic heterocycles. The van der Waals surface area contributed by atoms with Crippen LogP contribution in [0.4, 0.5) is 4.79 Å². The van der Waals surface area contributed by atoms with Crippen LogP contribution in [0, 0.1) is 6.92 Å². The minimum atomic E-state index is -3.58. The van der Waals surface area contributed by atoms with Crippen LogP contribution in [-0.4, -0.2) is 61.8 Å². The Morgan fingerprint density at radius 1 is 1.15 bits per heavy atom. The number of aryl methyl sites for hydroxylation is 1. The SMILES string of the molecule is CCCCC(NC(N)=O)C(=O)N1CCN(S(=O)(=O)c2ccc(C)cc2)CC1. The number of nitrogens with two attached hydrogens (primary N) is 1. The van der Waals surface area contributed by atoms with Gasteiger partial charge in [0.1, 0.15) is 6.04 Å². The predicted octanol–water partition coefficient (Wildman–Crippen LogP) is 1.06. The summed E-state index contributed by atoms with van der Waals surface area (Å²) in [5.74, 6) is -0.213. The second kappa shape index (κ2) is 9.18. The third kappa shape index (κ3) is 5.43. The van der Waals surface area contributed by atoms with Crippen molar-refractivity contribution >= 4 is 22.0 Å². The van der Waals surface area contributed by atoms with E-state index in [1.165, 1.54) is 4.31 Å². The third-order valence-corrected chi connectivity index (χ3v) is 6.58. The number of benzene rings is 1. The molecule has 1 aliphatic rings. The molecule has 0 saturated carbocycles. The fraction of sp³-hybridized carbons (Fsp3) is 0.556. The Labute approximate surface area is 160 Å². The van der Waals surface area contributed by atoms with Crippen LogP contribution in [0.5, 0.6) is 0 Å². The van der Waals surface area contributed by atoms with Gasteiger partial charge in [0.25, 0.3) is 0 Å². The quantitative estimate of drug-likeness (QED) is 0.717. The number of urea groups is 1. The molecule has 1 aromatic carbocycles. The molecule has 3 N–H and O–H groups in total. The van der Waals surface area contributed by atoms with E-state index < -0.39 is 22.1 Å². The second-order valence-corrected chi connectivity index (χ2v) is 8.68. The lowest BCUT2D eigenvalue weighted by atomic mass is 10.1. The molecule has 150 valence electrons. The molecule has 1 saturated heterocycles. The molecule has 0 aliphatic carbocycles. The summed E-state index contributed by atoms with van der Waals surface area (Å²) in [5, 5.41) is 2.50. The van der Waals surface area contributed by atoms with Gasteiger partial charge in [-0.2, -0.15) is 4.31 Å². The lowest BCUT2D eigenvalue weighted by Crippen LogP contribution is -2.56. The molecule has 1 fully saturated rings. The number of nitrogens with one attached hydrogen (secondary N) is 1. The van der Waals surface area contributed by atoms with Crippen LogP contribution < -0.4 is 11.1 Å². The van der Waals surface area contributed by atoms with Gasteiger partial charge in [0.05, 0.1) is 4.90 Å². The Bertz CT molecular complexity index is 756. The highest BCUT2D eigenvalue weighted by Crippen LogP contribution is 2.19. The maximum atomic E-state index is 12.7. The Balaban J connectivity index is 2.01. The standard InChI is InChI=1S/C18H28N4O4S/c1-3-4-5-16(20-18(19)24)17(23)21-10-12-22(13-11-21)27(25,26)15-8-6-14(2)7-9-15/h6-9,16H,3-5,10-13H2,1-2H3,(H3,19,20,24). The molecule has 1 unspecified atom stereocenters. The first-order valence-electron chi connectivity index (χ1n) is 9.17.